The van der Waals surface area contributed by atoms with Gasteiger partial charge in [-0.15, -0.1) is 0 Å². The highest BCUT2D eigenvalue weighted by molar-refractivity contribution is 7.89. The Labute approximate surface area is 132 Å². The van der Waals surface area contributed by atoms with Gasteiger partial charge >= 0.3 is 0 Å². The van der Waals surface area contributed by atoms with Crippen molar-refractivity contribution >= 4 is 10.0 Å². The van der Waals surface area contributed by atoms with E-state index in [0.29, 0.717) is 18.6 Å². The molecule has 1 aromatic heterocycles. The highest BCUT2D eigenvalue weighted by Gasteiger charge is 2.47. The lowest BCUT2D eigenvalue weighted by molar-refractivity contribution is 0.261. The molecule has 0 saturated heterocycles. The Morgan fingerprint density at radius 1 is 1.41 bits per heavy atom. The summed E-state index contributed by atoms with van der Waals surface area (Å²) in [6, 6.07) is 5.38. The van der Waals surface area contributed by atoms with Crippen molar-refractivity contribution in [2.75, 3.05) is 5.75 Å². The predicted molar refractivity (Wildman–Crippen MR) is 84.5 cm³/mol. The number of hydrogen-bond donors (Lipinski definition) is 1. The van der Waals surface area contributed by atoms with Crippen molar-refractivity contribution in [2.45, 2.75) is 53.0 Å². The summed E-state index contributed by atoms with van der Waals surface area (Å²) in [6.45, 7) is 7.88. The van der Waals surface area contributed by atoms with Crippen molar-refractivity contribution in [1.82, 2.24) is 4.72 Å². The average Bonchev–Trinajstić information content (AvgIpc) is 3.01. The summed E-state index contributed by atoms with van der Waals surface area (Å²) in [5.41, 5.74) is -1.02. The molecule has 2 rings (SSSR count). The molecule has 1 saturated carbocycles. The molecule has 0 bridgehead atoms. The van der Waals surface area contributed by atoms with E-state index in [-0.39, 0.29) is 11.2 Å². The summed E-state index contributed by atoms with van der Waals surface area (Å²) >= 11 is 0. The zero-order valence-electron chi connectivity index (χ0n) is 13.6. The van der Waals surface area contributed by atoms with E-state index >= 15 is 0 Å². The maximum Gasteiger partial charge on any atom is 0.213 e. The van der Waals surface area contributed by atoms with Gasteiger partial charge in [-0.1, -0.05) is 27.7 Å². The van der Waals surface area contributed by atoms with E-state index in [4.69, 9.17) is 9.68 Å². The van der Waals surface area contributed by atoms with Crippen molar-refractivity contribution in [3.63, 3.8) is 0 Å². The van der Waals surface area contributed by atoms with Crippen LogP contribution < -0.4 is 4.72 Å². The van der Waals surface area contributed by atoms with Crippen LogP contribution in [0.5, 0.6) is 0 Å². The Morgan fingerprint density at radius 2 is 2.05 bits per heavy atom. The molecule has 1 N–H and O–H groups in total. The highest BCUT2D eigenvalue weighted by Crippen LogP contribution is 2.46. The van der Waals surface area contributed by atoms with Gasteiger partial charge in [-0.05, 0) is 30.4 Å². The summed E-state index contributed by atoms with van der Waals surface area (Å²) in [7, 11) is -3.55. The number of furan rings is 1. The van der Waals surface area contributed by atoms with Crippen LogP contribution in [0, 0.1) is 22.2 Å². The van der Waals surface area contributed by atoms with Crippen LogP contribution in [-0.4, -0.2) is 14.2 Å². The first-order valence-electron chi connectivity index (χ1n) is 7.61. The van der Waals surface area contributed by atoms with Gasteiger partial charge in [0, 0.05) is 6.42 Å². The minimum Gasteiger partial charge on any atom is -0.464 e. The predicted octanol–water partition coefficient (Wildman–Crippen LogP) is 3.15. The molecular formula is C16H24N2O3S. The van der Waals surface area contributed by atoms with Crippen LogP contribution in [0.4, 0.5) is 0 Å². The molecule has 0 unspecified atom stereocenters. The van der Waals surface area contributed by atoms with E-state index < -0.39 is 21.5 Å². The number of nitrogens with zero attached hydrogens (tertiary/aromatic N) is 1. The fraction of sp³-hybridized carbons (Fsp3) is 0.688. The first-order valence-corrected chi connectivity index (χ1v) is 9.26. The van der Waals surface area contributed by atoms with E-state index in [1.807, 2.05) is 39.8 Å². The molecule has 0 aliphatic heterocycles. The average molecular weight is 324 g/mol. The molecule has 5 nitrogen and oxygen atoms in total. The maximum atomic E-state index is 12.4. The molecule has 1 aliphatic rings. The fourth-order valence-electron chi connectivity index (χ4n) is 2.43. The molecule has 1 aliphatic carbocycles. The molecule has 0 radical (unpaired) electrons. The van der Waals surface area contributed by atoms with E-state index in [0.717, 1.165) is 12.2 Å². The minimum absolute atomic E-state index is 0.135. The van der Waals surface area contributed by atoms with Gasteiger partial charge in [0.2, 0.25) is 10.0 Å². The standard InChI is InChI=1S/C16H24N2O3S/c1-5-12-6-7-13(21-12)14(15(2,3)4)18-22(19,20)11-16(10-17)8-9-16/h6-7,14,18H,5,8-9,11H2,1-4H3/t14-/m0/s1. The third-order valence-electron chi connectivity index (χ3n) is 4.04. The van der Waals surface area contributed by atoms with Crippen LogP contribution in [0.1, 0.15) is 58.1 Å². The lowest BCUT2D eigenvalue weighted by Crippen LogP contribution is -2.39. The molecule has 1 heterocycles. The number of sulfonamides is 1. The third-order valence-corrected chi connectivity index (χ3v) is 5.56. The lowest BCUT2D eigenvalue weighted by atomic mass is 9.86. The summed E-state index contributed by atoms with van der Waals surface area (Å²) in [6.07, 6.45) is 2.08. The van der Waals surface area contributed by atoms with E-state index in [2.05, 4.69) is 10.8 Å². The van der Waals surface area contributed by atoms with Gasteiger partial charge in [-0.25, -0.2) is 13.1 Å². The zero-order valence-corrected chi connectivity index (χ0v) is 14.5. The Bertz CT molecular complexity index is 673. The van der Waals surface area contributed by atoms with Crippen LogP contribution in [0.2, 0.25) is 0 Å². The van der Waals surface area contributed by atoms with E-state index in [1.54, 1.807) is 0 Å². The molecule has 6 heteroatoms. The Balaban J connectivity index is 2.22. The summed E-state index contributed by atoms with van der Waals surface area (Å²) in [4.78, 5) is 0. The number of nitrogens with one attached hydrogen (secondary N) is 1. The Kier molecular flexibility index (Phi) is 4.42. The monoisotopic (exact) mass is 324 g/mol. The molecule has 1 aromatic rings. The molecular weight excluding hydrogens is 300 g/mol. The topological polar surface area (TPSA) is 83.1 Å². The third kappa shape index (κ3) is 3.90. The van der Waals surface area contributed by atoms with Gasteiger partial charge in [0.15, 0.2) is 0 Å². The van der Waals surface area contributed by atoms with Crippen molar-refractivity contribution in [3.8, 4) is 6.07 Å². The van der Waals surface area contributed by atoms with E-state index in [1.165, 1.54) is 0 Å². The van der Waals surface area contributed by atoms with Gasteiger partial charge in [-0.3, -0.25) is 0 Å². The highest BCUT2D eigenvalue weighted by atomic mass is 32.2. The first kappa shape index (κ1) is 17.0. The molecule has 0 amide bonds. The smallest absolute Gasteiger partial charge is 0.213 e. The second kappa shape index (κ2) is 5.71. The quantitative estimate of drug-likeness (QED) is 0.871. The second-order valence-corrected chi connectivity index (χ2v) is 8.98. The van der Waals surface area contributed by atoms with Gasteiger partial charge < -0.3 is 4.42 Å². The van der Waals surface area contributed by atoms with Crippen LogP contribution in [0.25, 0.3) is 0 Å². The first-order chi connectivity index (χ1) is 10.1. The molecule has 122 valence electrons. The molecule has 0 aromatic carbocycles. The summed E-state index contributed by atoms with van der Waals surface area (Å²) in [5, 5.41) is 9.11. The van der Waals surface area contributed by atoms with Gasteiger partial charge in [0.05, 0.1) is 23.3 Å². The summed E-state index contributed by atoms with van der Waals surface area (Å²) in [5.74, 6) is 1.32. The van der Waals surface area contributed by atoms with Crippen LogP contribution in [0.3, 0.4) is 0 Å². The van der Waals surface area contributed by atoms with Crippen LogP contribution >= 0.6 is 0 Å². The number of rotatable bonds is 6. The van der Waals surface area contributed by atoms with Gasteiger partial charge in [0.1, 0.15) is 11.5 Å². The van der Waals surface area contributed by atoms with Gasteiger partial charge in [-0.2, -0.15) is 5.26 Å². The molecule has 1 fully saturated rings. The lowest BCUT2D eigenvalue weighted by Gasteiger charge is -2.30. The number of hydrogen-bond acceptors (Lipinski definition) is 4. The van der Waals surface area contributed by atoms with Crippen molar-refractivity contribution in [2.24, 2.45) is 10.8 Å². The van der Waals surface area contributed by atoms with Crippen molar-refractivity contribution in [1.29, 1.82) is 5.26 Å². The maximum absolute atomic E-state index is 12.4. The molecule has 22 heavy (non-hydrogen) atoms. The molecule has 1 atom stereocenters. The van der Waals surface area contributed by atoms with Crippen LogP contribution in [-0.2, 0) is 16.4 Å². The largest absolute Gasteiger partial charge is 0.464 e. The normalized spacial score (nSPS) is 18.7. The molecule has 0 spiro atoms. The van der Waals surface area contributed by atoms with E-state index in [9.17, 15) is 8.42 Å². The minimum atomic E-state index is -3.55. The van der Waals surface area contributed by atoms with Crippen LogP contribution in [0.15, 0.2) is 16.5 Å². The number of nitriles is 1. The second-order valence-electron chi connectivity index (χ2n) is 7.23. The number of aryl methyl sites for hydroxylation is 1. The Morgan fingerprint density at radius 3 is 2.45 bits per heavy atom. The zero-order chi connectivity index (χ0) is 16.6. The SMILES string of the molecule is CCc1ccc([C@H](NS(=O)(=O)CC2(C#N)CC2)C(C)(C)C)o1. The fourth-order valence-corrected chi connectivity index (χ4v) is 4.42. The van der Waals surface area contributed by atoms with Crippen molar-refractivity contribution < 1.29 is 12.8 Å². The van der Waals surface area contributed by atoms with Crippen molar-refractivity contribution in [3.05, 3.63) is 23.7 Å². The summed E-state index contributed by atoms with van der Waals surface area (Å²) < 4.78 is 33.4. The Hall–Kier alpha value is -1.32. The van der Waals surface area contributed by atoms with Gasteiger partial charge in [0.25, 0.3) is 0 Å².